The number of hydrogen-bond acceptors (Lipinski definition) is 2. The van der Waals surface area contributed by atoms with Crippen molar-refractivity contribution in [3.63, 3.8) is 0 Å². The number of hydrogen-bond donors (Lipinski definition) is 1. The van der Waals surface area contributed by atoms with Crippen LogP contribution in [0.5, 0.6) is 0 Å². The predicted molar refractivity (Wildman–Crippen MR) is 85.8 cm³/mol. The summed E-state index contributed by atoms with van der Waals surface area (Å²) in [6.45, 7) is 5.00. The van der Waals surface area contributed by atoms with Crippen LogP contribution >= 0.6 is 23.2 Å². The highest BCUT2D eigenvalue weighted by atomic mass is 35.5. The molecule has 1 aliphatic rings. The van der Waals surface area contributed by atoms with E-state index in [1.807, 2.05) is 18.2 Å². The molecule has 1 unspecified atom stereocenters. The Kier molecular flexibility index (Phi) is 6.63. The second-order valence-electron chi connectivity index (χ2n) is 5.45. The summed E-state index contributed by atoms with van der Waals surface area (Å²) in [6, 6.07) is 6.27. The maximum absolute atomic E-state index is 6.31. The summed E-state index contributed by atoms with van der Waals surface area (Å²) in [5.74, 6) is 0.669. The molecule has 0 amide bonds. The van der Waals surface area contributed by atoms with E-state index in [2.05, 4.69) is 12.2 Å². The maximum atomic E-state index is 6.31. The minimum Gasteiger partial charge on any atom is -0.381 e. The number of benzene rings is 1. The Bertz CT molecular complexity index is 419. The first-order valence-electron chi connectivity index (χ1n) is 7.45. The largest absolute Gasteiger partial charge is 0.381 e. The summed E-state index contributed by atoms with van der Waals surface area (Å²) in [7, 11) is 0. The van der Waals surface area contributed by atoms with Crippen LogP contribution in [-0.4, -0.2) is 25.8 Å². The number of halogens is 2. The summed E-state index contributed by atoms with van der Waals surface area (Å²) >= 11 is 12.3. The van der Waals surface area contributed by atoms with Crippen LogP contribution in [0.4, 0.5) is 0 Å². The molecule has 1 atom stereocenters. The smallest absolute Gasteiger partial charge is 0.0469 e. The Morgan fingerprint density at radius 2 is 2.05 bits per heavy atom. The van der Waals surface area contributed by atoms with Gasteiger partial charge in [0, 0.05) is 29.3 Å². The van der Waals surface area contributed by atoms with Crippen LogP contribution in [-0.2, 0) is 11.2 Å². The topological polar surface area (TPSA) is 21.3 Å². The molecule has 1 aromatic rings. The summed E-state index contributed by atoms with van der Waals surface area (Å²) in [5, 5.41) is 5.15. The molecular formula is C16H23Cl2NO. The van der Waals surface area contributed by atoms with Crippen molar-refractivity contribution >= 4 is 23.2 Å². The highest BCUT2D eigenvalue weighted by Crippen LogP contribution is 2.26. The molecule has 1 fully saturated rings. The van der Waals surface area contributed by atoms with Gasteiger partial charge >= 0.3 is 0 Å². The molecule has 0 spiro atoms. The molecule has 2 rings (SSSR count). The van der Waals surface area contributed by atoms with Crippen molar-refractivity contribution in [1.29, 1.82) is 0 Å². The van der Waals surface area contributed by atoms with Crippen LogP contribution in [0.3, 0.4) is 0 Å². The zero-order valence-electron chi connectivity index (χ0n) is 12.0. The fourth-order valence-corrected chi connectivity index (χ4v) is 3.26. The molecule has 1 aliphatic heterocycles. The molecule has 1 heterocycles. The van der Waals surface area contributed by atoms with Gasteiger partial charge in [-0.3, -0.25) is 0 Å². The van der Waals surface area contributed by atoms with Crippen molar-refractivity contribution in [2.45, 2.75) is 38.6 Å². The van der Waals surface area contributed by atoms with Crippen molar-refractivity contribution in [3.8, 4) is 0 Å². The molecule has 0 aliphatic carbocycles. The fraction of sp³-hybridized carbons (Fsp3) is 0.625. The lowest BCUT2D eigenvalue weighted by molar-refractivity contribution is 0.0538. The minimum atomic E-state index is 0.470. The van der Waals surface area contributed by atoms with Crippen LogP contribution < -0.4 is 5.32 Å². The van der Waals surface area contributed by atoms with Gasteiger partial charge in [-0.1, -0.05) is 36.2 Å². The van der Waals surface area contributed by atoms with Crippen molar-refractivity contribution < 1.29 is 4.74 Å². The molecule has 1 aromatic carbocycles. The summed E-state index contributed by atoms with van der Waals surface area (Å²) in [4.78, 5) is 0. The van der Waals surface area contributed by atoms with Crippen LogP contribution in [0.2, 0.25) is 10.0 Å². The average Bonchev–Trinajstić information content (AvgIpc) is 2.46. The first kappa shape index (κ1) is 16.1. The fourth-order valence-electron chi connectivity index (χ4n) is 2.78. The molecule has 20 heavy (non-hydrogen) atoms. The predicted octanol–water partition coefficient (Wildman–Crippen LogP) is 4.33. The van der Waals surface area contributed by atoms with E-state index in [-0.39, 0.29) is 0 Å². The third kappa shape index (κ3) is 4.63. The van der Waals surface area contributed by atoms with Gasteiger partial charge in [-0.05, 0) is 55.8 Å². The van der Waals surface area contributed by atoms with Crippen molar-refractivity contribution in [2.75, 3.05) is 19.8 Å². The van der Waals surface area contributed by atoms with Crippen LogP contribution in [0.1, 0.15) is 31.7 Å². The van der Waals surface area contributed by atoms with E-state index in [9.17, 15) is 0 Å². The van der Waals surface area contributed by atoms with Gasteiger partial charge in [-0.15, -0.1) is 0 Å². The SMILES string of the molecule is CCCNC(Cc1ccc(Cl)cc1Cl)C1CCOCC1. The third-order valence-corrected chi connectivity index (χ3v) is 4.53. The molecule has 112 valence electrons. The van der Waals surface area contributed by atoms with E-state index < -0.39 is 0 Å². The van der Waals surface area contributed by atoms with Gasteiger partial charge in [-0.2, -0.15) is 0 Å². The van der Waals surface area contributed by atoms with Gasteiger partial charge in [0.1, 0.15) is 0 Å². The first-order chi connectivity index (χ1) is 9.70. The van der Waals surface area contributed by atoms with Gasteiger partial charge in [0.2, 0.25) is 0 Å². The molecule has 4 heteroatoms. The Balaban J connectivity index is 2.05. The van der Waals surface area contributed by atoms with E-state index in [0.717, 1.165) is 50.5 Å². The Morgan fingerprint density at radius 3 is 2.70 bits per heavy atom. The van der Waals surface area contributed by atoms with Crippen molar-refractivity contribution in [1.82, 2.24) is 5.32 Å². The zero-order valence-corrected chi connectivity index (χ0v) is 13.5. The van der Waals surface area contributed by atoms with E-state index in [1.54, 1.807) is 0 Å². The Morgan fingerprint density at radius 1 is 1.30 bits per heavy atom. The number of rotatable bonds is 6. The summed E-state index contributed by atoms with van der Waals surface area (Å²) in [5.41, 5.74) is 1.18. The minimum absolute atomic E-state index is 0.470. The molecule has 0 saturated carbocycles. The van der Waals surface area contributed by atoms with Gasteiger partial charge in [0.05, 0.1) is 0 Å². The lowest BCUT2D eigenvalue weighted by Crippen LogP contribution is -2.41. The normalized spacial score (nSPS) is 18.1. The standard InChI is InChI=1S/C16H23Cl2NO/c1-2-7-19-16(12-5-8-20-9-6-12)10-13-3-4-14(17)11-15(13)18/h3-4,11-12,16,19H,2,5-10H2,1H3. The second-order valence-corrected chi connectivity index (χ2v) is 6.29. The highest BCUT2D eigenvalue weighted by molar-refractivity contribution is 6.35. The van der Waals surface area contributed by atoms with E-state index in [0.29, 0.717) is 17.0 Å². The quantitative estimate of drug-likeness (QED) is 0.843. The van der Waals surface area contributed by atoms with Gasteiger partial charge < -0.3 is 10.1 Å². The second kappa shape index (κ2) is 8.23. The van der Waals surface area contributed by atoms with E-state index in [1.165, 1.54) is 5.56 Å². The van der Waals surface area contributed by atoms with E-state index >= 15 is 0 Å². The Hall–Kier alpha value is -0.280. The zero-order chi connectivity index (χ0) is 14.4. The average molecular weight is 316 g/mol. The van der Waals surface area contributed by atoms with Gasteiger partial charge in [-0.25, -0.2) is 0 Å². The maximum Gasteiger partial charge on any atom is 0.0469 e. The lowest BCUT2D eigenvalue weighted by Gasteiger charge is -2.31. The number of ether oxygens (including phenoxy) is 1. The van der Waals surface area contributed by atoms with Crippen LogP contribution in [0.15, 0.2) is 18.2 Å². The van der Waals surface area contributed by atoms with E-state index in [4.69, 9.17) is 27.9 Å². The molecule has 0 aromatic heterocycles. The summed E-state index contributed by atoms with van der Waals surface area (Å²) < 4.78 is 5.47. The molecule has 1 saturated heterocycles. The van der Waals surface area contributed by atoms with Gasteiger partial charge in [0.25, 0.3) is 0 Å². The van der Waals surface area contributed by atoms with Crippen molar-refractivity contribution in [2.24, 2.45) is 5.92 Å². The molecular weight excluding hydrogens is 293 g/mol. The molecule has 0 bridgehead atoms. The Labute approximate surface area is 131 Å². The van der Waals surface area contributed by atoms with Gasteiger partial charge in [0.15, 0.2) is 0 Å². The lowest BCUT2D eigenvalue weighted by atomic mass is 9.87. The monoisotopic (exact) mass is 315 g/mol. The third-order valence-electron chi connectivity index (χ3n) is 3.95. The van der Waals surface area contributed by atoms with Crippen LogP contribution in [0.25, 0.3) is 0 Å². The molecule has 1 N–H and O–H groups in total. The molecule has 2 nitrogen and oxygen atoms in total. The van der Waals surface area contributed by atoms with Crippen molar-refractivity contribution in [3.05, 3.63) is 33.8 Å². The molecule has 0 radical (unpaired) electrons. The summed E-state index contributed by atoms with van der Waals surface area (Å²) in [6.07, 6.45) is 4.37. The number of nitrogens with one attached hydrogen (secondary N) is 1. The first-order valence-corrected chi connectivity index (χ1v) is 8.21. The van der Waals surface area contributed by atoms with Crippen LogP contribution in [0, 0.1) is 5.92 Å². The highest BCUT2D eigenvalue weighted by Gasteiger charge is 2.24.